The first-order valence-corrected chi connectivity index (χ1v) is 8.08. The Morgan fingerprint density at radius 1 is 1.32 bits per heavy atom. The molecule has 0 radical (unpaired) electrons. The van der Waals surface area contributed by atoms with Crippen molar-refractivity contribution in [2.45, 2.75) is 37.0 Å². The van der Waals surface area contributed by atoms with E-state index in [2.05, 4.69) is 20.7 Å². The Kier molecular flexibility index (Phi) is 5.00. The number of hydrogen-bond acceptors (Lipinski definition) is 3. The van der Waals surface area contributed by atoms with Crippen LogP contribution in [0.4, 0.5) is 8.78 Å². The van der Waals surface area contributed by atoms with E-state index in [0.29, 0.717) is 12.0 Å². The Balaban J connectivity index is 2.23. The van der Waals surface area contributed by atoms with E-state index in [-0.39, 0.29) is 23.5 Å². The molecule has 6 heteroatoms. The van der Waals surface area contributed by atoms with Crippen LogP contribution in [0.5, 0.6) is 0 Å². The number of benzene rings is 1. The molecule has 0 aromatic heterocycles. The summed E-state index contributed by atoms with van der Waals surface area (Å²) < 4.78 is 31.4. The third-order valence-electron chi connectivity index (χ3n) is 4.10. The molecular formula is C16H17BrF2O3. The molecular weight excluding hydrogens is 358 g/mol. The molecule has 0 atom stereocenters. The number of methoxy groups -OCH3 is 1. The molecule has 22 heavy (non-hydrogen) atoms. The number of esters is 1. The average molecular weight is 375 g/mol. The van der Waals surface area contributed by atoms with E-state index in [4.69, 9.17) is 0 Å². The molecule has 0 aliphatic heterocycles. The van der Waals surface area contributed by atoms with Gasteiger partial charge in [0.05, 0.1) is 17.9 Å². The van der Waals surface area contributed by atoms with Gasteiger partial charge in [-0.3, -0.25) is 9.59 Å². The zero-order valence-electron chi connectivity index (χ0n) is 12.2. The number of carbonyl (C=O) groups excluding carboxylic acids is 2. The van der Waals surface area contributed by atoms with Gasteiger partial charge in [-0.15, -0.1) is 0 Å². The van der Waals surface area contributed by atoms with Crippen molar-refractivity contribution in [3.8, 4) is 0 Å². The number of rotatable bonds is 6. The lowest BCUT2D eigenvalue weighted by molar-refractivity contribution is -0.154. The van der Waals surface area contributed by atoms with Gasteiger partial charge in [0.15, 0.2) is 5.78 Å². The van der Waals surface area contributed by atoms with E-state index < -0.39 is 24.2 Å². The number of ketones is 1. The van der Waals surface area contributed by atoms with Crippen LogP contribution in [0.15, 0.2) is 24.3 Å². The summed E-state index contributed by atoms with van der Waals surface area (Å²) in [6, 6.07) is 7.01. The highest BCUT2D eigenvalue weighted by Crippen LogP contribution is 2.54. The van der Waals surface area contributed by atoms with Crippen LogP contribution < -0.4 is 0 Å². The van der Waals surface area contributed by atoms with Crippen molar-refractivity contribution in [2.75, 3.05) is 12.4 Å². The third-order valence-corrected chi connectivity index (χ3v) is 4.61. The highest BCUT2D eigenvalue weighted by Gasteiger charge is 2.60. The number of Topliss-reactive ketones (excluding diaryl/α,β-unsaturated/α-hetero) is 1. The molecule has 1 aliphatic rings. The van der Waals surface area contributed by atoms with E-state index >= 15 is 0 Å². The highest BCUT2D eigenvalue weighted by molar-refractivity contribution is 9.09. The lowest BCUT2D eigenvalue weighted by Gasteiger charge is -2.46. The quantitative estimate of drug-likeness (QED) is 0.565. The molecule has 1 saturated carbocycles. The SMILES string of the molecule is COC(=O)CCc1cccc(C2(C(=O)CBr)CC(F)(F)C2)c1. The Morgan fingerprint density at radius 3 is 2.55 bits per heavy atom. The molecule has 0 N–H and O–H groups in total. The number of carbonyl (C=O) groups is 2. The van der Waals surface area contributed by atoms with Crippen molar-refractivity contribution < 1.29 is 23.1 Å². The van der Waals surface area contributed by atoms with E-state index in [1.165, 1.54) is 7.11 Å². The second kappa shape index (κ2) is 6.44. The molecule has 120 valence electrons. The minimum absolute atomic E-state index is 0.0511. The molecule has 0 unspecified atom stereocenters. The number of alkyl halides is 3. The van der Waals surface area contributed by atoms with Crippen LogP contribution in [0.3, 0.4) is 0 Å². The van der Waals surface area contributed by atoms with Gasteiger partial charge in [-0.2, -0.15) is 0 Å². The Morgan fingerprint density at radius 2 is 2.00 bits per heavy atom. The summed E-state index contributed by atoms with van der Waals surface area (Å²) in [7, 11) is 1.32. The second-order valence-corrected chi connectivity index (χ2v) is 6.19. The Bertz CT molecular complexity index is 579. The first kappa shape index (κ1) is 17.1. The number of aryl methyl sites for hydroxylation is 1. The maximum atomic E-state index is 13.4. The van der Waals surface area contributed by atoms with Crippen molar-refractivity contribution >= 4 is 27.7 Å². The lowest BCUT2D eigenvalue weighted by atomic mass is 9.60. The van der Waals surface area contributed by atoms with Crippen LogP contribution >= 0.6 is 15.9 Å². The predicted molar refractivity (Wildman–Crippen MR) is 81.4 cm³/mol. The summed E-state index contributed by atoms with van der Waals surface area (Å²) in [6.07, 6.45) is -0.235. The van der Waals surface area contributed by atoms with Crippen LogP contribution in [0.1, 0.15) is 30.4 Å². The largest absolute Gasteiger partial charge is 0.469 e. The Hall–Kier alpha value is -1.30. The summed E-state index contributed by atoms with van der Waals surface area (Å²) in [6.45, 7) is 0. The maximum Gasteiger partial charge on any atom is 0.305 e. The molecule has 0 amide bonds. The molecule has 1 aromatic rings. The molecule has 1 aromatic carbocycles. The summed E-state index contributed by atoms with van der Waals surface area (Å²) >= 11 is 3.08. The summed E-state index contributed by atoms with van der Waals surface area (Å²) in [5.74, 6) is -3.35. The van der Waals surface area contributed by atoms with Crippen LogP contribution in [0.2, 0.25) is 0 Å². The number of ether oxygens (including phenoxy) is 1. The molecule has 3 nitrogen and oxygen atoms in total. The average Bonchev–Trinajstić information content (AvgIpc) is 2.49. The van der Waals surface area contributed by atoms with Crippen molar-refractivity contribution in [3.63, 3.8) is 0 Å². The minimum atomic E-state index is -2.79. The molecule has 0 saturated heterocycles. The standard InChI is InChI=1S/C16H17BrF2O3/c1-22-14(21)6-5-11-3-2-4-12(7-11)15(13(20)8-17)9-16(18,19)10-15/h2-4,7H,5-6,8-10H2,1H3. The smallest absolute Gasteiger partial charge is 0.305 e. The topological polar surface area (TPSA) is 43.4 Å². The van der Waals surface area contributed by atoms with Gasteiger partial charge < -0.3 is 4.74 Å². The zero-order valence-corrected chi connectivity index (χ0v) is 13.8. The maximum absolute atomic E-state index is 13.4. The van der Waals surface area contributed by atoms with E-state index in [0.717, 1.165) is 5.56 Å². The predicted octanol–water partition coefficient (Wildman–Crippen LogP) is 3.42. The van der Waals surface area contributed by atoms with Crippen molar-refractivity contribution in [3.05, 3.63) is 35.4 Å². The van der Waals surface area contributed by atoms with E-state index in [9.17, 15) is 18.4 Å². The molecule has 0 spiro atoms. The molecule has 2 rings (SSSR count). The zero-order chi connectivity index (χ0) is 16.4. The van der Waals surface area contributed by atoms with Gasteiger partial charge in [-0.1, -0.05) is 40.2 Å². The fourth-order valence-corrected chi connectivity index (χ4v) is 3.43. The van der Waals surface area contributed by atoms with Crippen LogP contribution in [-0.2, 0) is 26.2 Å². The number of hydrogen-bond donors (Lipinski definition) is 0. The summed E-state index contributed by atoms with van der Waals surface area (Å²) in [5.41, 5.74) is 0.318. The molecule has 0 heterocycles. The fourth-order valence-electron chi connectivity index (χ4n) is 2.89. The van der Waals surface area contributed by atoms with E-state index in [1.54, 1.807) is 18.2 Å². The first-order chi connectivity index (χ1) is 10.3. The van der Waals surface area contributed by atoms with Crippen molar-refractivity contribution in [2.24, 2.45) is 0 Å². The molecule has 1 aliphatic carbocycles. The van der Waals surface area contributed by atoms with E-state index in [1.807, 2.05) is 6.07 Å². The molecule has 1 fully saturated rings. The monoisotopic (exact) mass is 374 g/mol. The van der Waals surface area contributed by atoms with Gasteiger partial charge in [0.25, 0.3) is 5.92 Å². The minimum Gasteiger partial charge on any atom is -0.469 e. The van der Waals surface area contributed by atoms with Crippen LogP contribution in [0, 0.1) is 0 Å². The van der Waals surface area contributed by atoms with Crippen molar-refractivity contribution in [1.29, 1.82) is 0 Å². The van der Waals surface area contributed by atoms with Crippen LogP contribution in [0.25, 0.3) is 0 Å². The van der Waals surface area contributed by atoms with Gasteiger partial charge in [0, 0.05) is 19.3 Å². The van der Waals surface area contributed by atoms with Crippen molar-refractivity contribution in [1.82, 2.24) is 0 Å². The summed E-state index contributed by atoms with van der Waals surface area (Å²) in [5, 5.41) is 0.0511. The second-order valence-electron chi connectivity index (χ2n) is 5.62. The van der Waals surface area contributed by atoms with Gasteiger partial charge in [-0.25, -0.2) is 8.78 Å². The molecule has 0 bridgehead atoms. The van der Waals surface area contributed by atoms with Gasteiger partial charge in [0.1, 0.15) is 0 Å². The Labute approximate surface area is 136 Å². The highest BCUT2D eigenvalue weighted by atomic mass is 79.9. The van der Waals surface area contributed by atoms with Gasteiger partial charge in [0.2, 0.25) is 0 Å². The normalized spacial score (nSPS) is 18.4. The third kappa shape index (κ3) is 3.37. The fraction of sp³-hybridized carbons (Fsp3) is 0.500. The first-order valence-electron chi connectivity index (χ1n) is 6.96. The van der Waals surface area contributed by atoms with Gasteiger partial charge in [-0.05, 0) is 17.5 Å². The number of halogens is 3. The summed E-state index contributed by atoms with van der Waals surface area (Å²) in [4.78, 5) is 23.4. The lowest BCUT2D eigenvalue weighted by Crippen LogP contribution is -2.54. The van der Waals surface area contributed by atoms with Gasteiger partial charge >= 0.3 is 5.97 Å². The van der Waals surface area contributed by atoms with Crippen LogP contribution in [-0.4, -0.2) is 30.1 Å².